The molecule has 2 N–H and O–H groups in total. The van der Waals surface area contributed by atoms with Gasteiger partial charge in [0.15, 0.2) is 0 Å². The molecule has 0 radical (unpaired) electrons. The average Bonchev–Trinajstić information content (AvgIpc) is 3.16. The zero-order valence-corrected chi connectivity index (χ0v) is 12.5. The van der Waals surface area contributed by atoms with E-state index in [4.69, 9.17) is 15.0 Å². The van der Waals surface area contributed by atoms with Crippen LogP contribution in [0.2, 0.25) is 0 Å². The van der Waals surface area contributed by atoms with Gasteiger partial charge in [0.2, 0.25) is 11.7 Å². The quantitative estimate of drug-likeness (QED) is 0.897. The second kappa shape index (κ2) is 5.45. The van der Waals surface area contributed by atoms with Crippen molar-refractivity contribution in [3.8, 4) is 0 Å². The Balaban J connectivity index is 1.75. The molecule has 0 aliphatic heterocycles. The molecule has 0 bridgehead atoms. The standard InChI is InChI=1S/C15H25N3O2/c1-3-19-12(11-4-5-11)13-17-14(20-18-13)15(16)8-6-10(2)7-9-15/h10-12H,3-9,16H2,1-2H3. The van der Waals surface area contributed by atoms with E-state index in [1.165, 1.54) is 12.8 Å². The van der Waals surface area contributed by atoms with E-state index in [1.807, 2.05) is 6.92 Å². The SMILES string of the molecule is CCOC(c1noc(C2(N)CCC(C)CC2)n1)C1CC1. The van der Waals surface area contributed by atoms with Crippen molar-refractivity contribution >= 4 is 0 Å². The van der Waals surface area contributed by atoms with E-state index < -0.39 is 5.54 Å². The number of hydrogen-bond donors (Lipinski definition) is 1. The van der Waals surface area contributed by atoms with Crippen LogP contribution in [0, 0.1) is 11.8 Å². The molecular weight excluding hydrogens is 254 g/mol. The van der Waals surface area contributed by atoms with Gasteiger partial charge in [-0.3, -0.25) is 0 Å². The van der Waals surface area contributed by atoms with Crippen LogP contribution >= 0.6 is 0 Å². The molecule has 2 aliphatic rings. The van der Waals surface area contributed by atoms with Gasteiger partial charge in [0.05, 0.1) is 5.54 Å². The van der Waals surface area contributed by atoms with Gasteiger partial charge in [-0.2, -0.15) is 4.98 Å². The molecule has 0 saturated heterocycles. The first kappa shape index (κ1) is 14.0. The fraction of sp³-hybridized carbons (Fsp3) is 0.867. The minimum absolute atomic E-state index is 0.0105. The van der Waals surface area contributed by atoms with Crippen molar-refractivity contribution in [2.24, 2.45) is 17.6 Å². The Hall–Kier alpha value is -0.940. The normalized spacial score (nSPS) is 32.2. The topological polar surface area (TPSA) is 74.2 Å². The van der Waals surface area contributed by atoms with Crippen LogP contribution in [0.3, 0.4) is 0 Å². The molecule has 0 amide bonds. The van der Waals surface area contributed by atoms with Crippen molar-refractivity contribution in [3.63, 3.8) is 0 Å². The van der Waals surface area contributed by atoms with Gasteiger partial charge in [0.1, 0.15) is 6.10 Å². The fourth-order valence-electron chi connectivity index (χ4n) is 3.04. The Kier molecular flexibility index (Phi) is 3.82. The van der Waals surface area contributed by atoms with Crippen LogP contribution in [-0.4, -0.2) is 16.7 Å². The highest BCUT2D eigenvalue weighted by Gasteiger charge is 2.40. The molecule has 0 aromatic carbocycles. The summed E-state index contributed by atoms with van der Waals surface area (Å²) in [4.78, 5) is 4.58. The smallest absolute Gasteiger partial charge is 0.246 e. The largest absolute Gasteiger partial charge is 0.370 e. The number of ether oxygens (including phenoxy) is 1. The van der Waals surface area contributed by atoms with Gasteiger partial charge < -0.3 is 15.0 Å². The van der Waals surface area contributed by atoms with E-state index in [2.05, 4.69) is 17.1 Å². The van der Waals surface area contributed by atoms with Crippen LogP contribution in [0.25, 0.3) is 0 Å². The van der Waals surface area contributed by atoms with Crippen molar-refractivity contribution in [2.45, 2.75) is 64.0 Å². The van der Waals surface area contributed by atoms with Gasteiger partial charge in [0, 0.05) is 6.61 Å². The molecule has 3 rings (SSSR count). The van der Waals surface area contributed by atoms with Gasteiger partial charge in [-0.25, -0.2) is 0 Å². The monoisotopic (exact) mass is 279 g/mol. The van der Waals surface area contributed by atoms with Crippen molar-refractivity contribution in [1.29, 1.82) is 0 Å². The van der Waals surface area contributed by atoms with Crippen LogP contribution in [0.5, 0.6) is 0 Å². The van der Waals surface area contributed by atoms with Crippen LogP contribution in [0.4, 0.5) is 0 Å². The zero-order chi connectivity index (χ0) is 14.2. The third-order valence-electron chi connectivity index (χ3n) is 4.69. The lowest BCUT2D eigenvalue weighted by atomic mass is 9.78. The van der Waals surface area contributed by atoms with Gasteiger partial charge in [-0.15, -0.1) is 0 Å². The maximum absolute atomic E-state index is 6.48. The van der Waals surface area contributed by atoms with E-state index in [1.54, 1.807) is 0 Å². The summed E-state index contributed by atoms with van der Waals surface area (Å²) in [5, 5.41) is 4.14. The molecule has 1 atom stereocenters. The van der Waals surface area contributed by atoms with Crippen LogP contribution < -0.4 is 5.73 Å². The maximum atomic E-state index is 6.48. The number of rotatable bonds is 5. The summed E-state index contributed by atoms with van der Waals surface area (Å²) >= 11 is 0. The molecule has 1 aromatic heterocycles. The molecule has 5 heteroatoms. The first-order valence-corrected chi connectivity index (χ1v) is 7.87. The van der Waals surface area contributed by atoms with Crippen LogP contribution in [-0.2, 0) is 10.3 Å². The summed E-state index contributed by atoms with van der Waals surface area (Å²) in [6.07, 6.45) is 6.50. The number of aromatic nitrogens is 2. The van der Waals surface area contributed by atoms with Crippen molar-refractivity contribution in [1.82, 2.24) is 10.1 Å². The first-order chi connectivity index (χ1) is 9.62. The highest BCUT2D eigenvalue weighted by molar-refractivity contribution is 5.07. The fourth-order valence-corrected chi connectivity index (χ4v) is 3.04. The third-order valence-corrected chi connectivity index (χ3v) is 4.69. The Morgan fingerprint density at radius 3 is 2.65 bits per heavy atom. The van der Waals surface area contributed by atoms with Crippen molar-refractivity contribution in [3.05, 3.63) is 11.7 Å². The summed E-state index contributed by atoms with van der Waals surface area (Å²) < 4.78 is 11.3. The molecule has 2 saturated carbocycles. The number of nitrogens with zero attached hydrogens (tertiary/aromatic N) is 2. The number of nitrogens with two attached hydrogens (primary N) is 1. The van der Waals surface area contributed by atoms with Gasteiger partial charge in [0.25, 0.3) is 0 Å². The lowest BCUT2D eigenvalue weighted by Crippen LogP contribution is -2.40. The van der Waals surface area contributed by atoms with Gasteiger partial charge in [-0.05, 0) is 57.3 Å². The molecular formula is C15H25N3O2. The van der Waals surface area contributed by atoms with Crippen LogP contribution in [0.1, 0.15) is 70.2 Å². The third kappa shape index (κ3) is 2.74. The Bertz CT molecular complexity index is 448. The summed E-state index contributed by atoms with van der Waals surface area (Å²) in [5.41, 5.74) is 6.05. The number of hydrogen-bond acceptors (Lipinski definition) is 5. The minimum atomic E-state index is -0.432. The second-order valence-electron chi connectivity index (χ2n) is 6.51. The van der Waals surface area contributed by atoms with Crippen molar-refractivity contribution < 1.29 is 9.26 Å². The maximum Gasteiger partial charge on any atom is 0.246 e. The van der Waals surface area contributed by atoms with E-state index in [0.717, 1.165) is 31.6 Å². The highest BCUT2D eigenvalue weighted by Crippen LogP contribution is 2.43. The summed E-state index contributed by atoms with van der Waals surface area (Å²) in [6, 6.07) is 0. The summed E-state index contributed by atoms with van der Waals surface area (Å²) in [6.45, 7) is 4.96. The molecule has 1 aromatic rings. The lowest BCUT2D eigenvalue weighted by Gasteiger charge is -2.32. The van der Waals surface area contributed by atoms with E-state index in [0.29, 0.717) is 24.2 Å². The van der Waals surface area contributed by atoms with E-state index >= 15 is 0 Å². The Labute approximate surface area is 120 Å². The molecule has 2 aliphatic carbocycles. The predicted molar refractivity (Wildman–Crippen MR) is 74.9 cm³/mol. The zero-order valence-electron chi connectivity index (χ0n) is 12.5. The molecule has 2 fully saturated rings. The highest BCUT2D eigenvalue weighted by atomic mass is 16.5. The predicted octanol–water partition coefficient (Wildman–Crippen LogP) is 2.92. The van der Waals surface area contributed by atoms with Crippen molar-refractivity contribution in [2.75, 3.05) is 6.61 Å². The Morgan fingerprint density at radius 1 is 1.35 bits per heavy atom. The first-order valence-electron chi connectivity index (χ1n) is 7.87. The summed E-state index contributed by atoms with van der Waals surface area (Å²) in [5.74, 6) is 2.59. The average molecular weight is 279 g/mol. The van der Waals surface area contributed by atoms with Crippen LogP contribution in [0.15, 0.2) is 4.52 Å². The molecule has 20 heavy (non-hydrogen) atoms. The molecule has 1 unspecified atom stereocenters. The minimum Gasteiger partial charge on any atom is -0.370 e. The van der Waals surface area contributed by atoms with E-state index in [9.17, 15) is 0 Å². The lowest BCUT2D eigenvalue weighted by molar-refractivity contribution is 0.0384. The van der Waals surface area contributed by atoms with E-state index in [-0.39, 0.29) is 6.10 Å². The Morgan fingerprint density at radius 2 is 2.05 bits per heavy atom. The van der Waals surface area contributed by atoms with Gasteiger partial charge in [-0.1, -0.05) is 12.1 Å². The summed E-state index contributed by atoms with van der Waals surface area (Å²) in [7, 11) is 0. The molecule has 5 nitrogen and oxygen atoms in total. The second-order valence-corrected chi connectivity index (χ2v) is 6.51. The molecule has 0 spiro atoms. The molecule has 1 heterocycles. The van der Waals surface area contributed by atoms with Gasteiger partial charge >= 0.3 is 0 Å². The molecule has 112 valence electrons.